The van der Waals surface area contributed by atoms with E-state index in [2.05, 4.69) is 15.8 Å². The second-order valence-corrected chi connectivity index (χ2v) is 8.78. The van der Waals surface area contributed by atoms with Gasteiger partial charge in [0.05, 0.1) is 30.1 Å². The van der Waals surface area contributed by atoms with Gasteiger partial charge < -0.3 is 20.6 Å². The van der Waals surface area contributed by atoms with Crippen LogP contribution in [0.5, 0.6) is 5.75 Å². The molecule has 7 nitrogen and oxygen atoms in total. The van der Waals surface area contributed by atoms with Gasteiger partial charge in [-0.3, -0.25) is 4.79 Å². The summed E-state index contributed by atoms with van der Waals surface area (Å²) >= 11 is 0. The van der Waals surface area contributed by atoms with E-state index in [0.29, 0.717) is 48.7 Å². The van der Waals surface area contributed by atoms with Gasteiger partial charge in [-0.2, -0.15) is 0 Å². The first-order valence-electron chi connectivity index (χ1n) is 11.7. The molecule has 0 saturated carbocycles. The molecular formula is C27H28F2N4O3. The molecule has 0 radical (unpaired) electrons. The number of carbonyl (C=O) groups is 1. The molecule has 1 aromatic heterocycles. The third-order valence-electron chi connectivity index (χ3n) is 5.89. The minimum Gasteiger partial charge on any atom is -0.492 e. The summed E-state index contributed by atoms with van der Waals surface area (Å²) in [5.74, 6) is -2.75. The fraction of sp³-hybridized carbons (Fsp3) is 0.296. The maximum atomic E-state index is 13.4. The van der Waals surface area contributed by atoms with Crippen molar-refractivity contribution in [2.45, 2.75) is 31.6 Å². The minimum absolute atomic E-state index is 0.0461. The van der Waals surface area contributed by atoms with E-state index in [1.807, 2.05) is 60.7 Å². The number of benzene rings is 2. The number of ether oxygens (including phenoxy) is 1. The summed E-state index contributed by atoms with van der Waals surface area (Å²) in [6.45, 7) is 0.552. The molecule has 0 saturated heterocycles. The molecule has 1 atom stereocenters. The lowest BCUT2D eigenvalue weighted by Gasteiger charge is -2.26. The number of rotatable bonds is 9. The lowest BCUT2D eigenvalue weighted by atomic mass is 9.81. The summed E-state index contributed by atoms with van der Waals surface area (Å²) in [5, 5.41) is 18.6. The van der Waals surface area contributed by atoms with Gasteiger partial charge >= 0.3 is 0 Å². The van der Waals surface area contributed by atoms with Crippen molar-refractivity contribution in [3.8, 4) is 5.75 Å². The molecule has 1 aliphatic carbocycles. The first-order chi connectivity index (χ1) is 17.3. The predicted molar refractivity (Wildman–Crippen MR) is 133 cm³/mol. The van der Waals surface area contributed by atoms with E-state index in [-0.39, 0.29) is 17.3 Å². The van der Waals surface area contributed by atoms with E-state index in [0.717, 1.165) is 12.5 Å². The van der Waals surface area contributed by atoms with Gasteiger partial charge in [0, 0.05) is 18.9 Å². The van der Waals surface area contributed by atoms with E-state index in [1.54, 1.807) is 6.07 Å². The van der Waals surface area contributed by atoms with Gasteiger partial charge in [0.2, 0.25) is 0 Å². The molecule has 1 amide bonds. The predicted octanol–water partition coefficient (Wildman–Crippen LogP) is 4.87. The highest BCUT2D eigenvalue weighted by molar-refractivity contribution is 6.06. The van der Waals surface area contributed by atoms with Crippen LogP contribution in [0, 0.1) is 0 Å². The standard InChI is InChI=1S/C27H28F2N4O3/c1-27(28,29)17-31-26(34)22-16-21-23(14-19(15-24(21)33-35)18-8-4-2-5-9-18)32-25(22)30-12-13-36-20-10-6-3-7-11-20/h2-11,16,19,35H,12-15,17H2,1H3,(H,30,32)(H,31,34)/b33-24+. The van der Waals surface area contributed by atoms with Crippen LogP contribution in [0.1, 0.15) is 46.4 Å². The lowest BCUT2D eigenvalue weighted by Crippen LogP contribution is -2.35. The van der Waals surface area contributed by atoms with Crippen LogP contribution in [-0.4, -0.2) is 47.4 Å². The second kappa shape index (κ2) is 11.2. The molecule has 2 aromatic carbocycles. The van der Waals surface area contributed by atoms with Gasteiger partial charge in [-0.15, -0.1) is 0 Å². The number of hydrogen-bond acceptors (Lipinski definition) is 6. The molecule has 188 valence electrons. The van der Waals surface area contributed by atoms with Crippen LogP contribution in [0.2, 0.25) is 0 Å². The summed E-state index contributed by atoms with van der Waals surface area (Å²) in [4.78, 5) is 17.6. The Balaban J connectivity index is 1.60. The molecular weight excluding hydrogens is 466 g/mol. The fourth-order valence-corrected chi connectivity index (χ4v) is 4.15. The Bertz CT molecular complexity index is 1210. The minimum atomic E-state index is -3.06. The molecule has 1 heterocycles. The van der Waals surface area contributed by atoms with E-state index in [1.165, 1.54) is 0 Å². The van der Waals surface area contributed by atoms with Crippen molar-refractivity contribution in [2.24, 2.45) is 5.16 Å². The number of nitrogens with one attached hydrogen (secondary N) is 2. The molecule has 0 bridgehead atoms. The number of alkyl halides is 2. The number of oxime groups is 1. The van der Waals surface area contributed by atoms with E-state index < -0.39 is 18.4 Å². The Morgan fingerprint density at radius 2 is 1.83 bits per heavy atom. The third kappa shape index (κ3) is 6.35. The second-order valence-electron chi connectivity index (χ2n) is 8.78. The van der Waals surface area contributed by atoms with Gasteiger partial charge in [0.15, 0.2) is 0 Å². The Morgan fingerprint density at radius 3 is 2.50 bits per heavy atom. The van der Waals surface area contributed by atoms with Crippen LogP contribution >= 0.6 is 0 Å². The highest BCUT2D eigenvalue weighted by atomic mass is 19.3. The molecule has 0 spiro atoms. The third-order valence-corrected chi connectivity index (χ3v) is 5.89. The number of amides is 1. The summed E-state index contributed by atoms with van der Waals surface area (Å²) in [6, 6.07) is 20.7. The van der Waals surface area contributed by atoms with Gasteiger partial charge in [-0.1, -0.05) is 53.7 Å². The number of nitrogens with zero attached hydrogens (tertiary/aromatic N) is 2. The van der Waals surface area contributed by atoms with E-state index in [9.17, 15) is 18.8 Å². The Kier molecular flexibility index (Phi) is 7.77. The first kappa shape index (κ1) is 25.1. The zero-order chi connectivity index (χ0) is 25.5. The van der Waals surface area contributed by atoms with E-state index >= 15 is 0 Å². The number of anilines is 1. The van der Waals surface area contributed by atoms with Gasteiger partial charge in [0.25, 0.3) is 11.8 Å². The van der Waals surface area contributed by atoms with Crippen LogP contribution in [0.25, 0.3) is 0 Å². The van der Waals surface area contributed by atoms with E-state index in [4.69, 9.17) is 9.72 Å². The zero-order valence-corrected chi connectivity index (χ0v) is 19.9. The molecule has 1 aliphatic rings. The number of hydrogen-bond donors (Lipinski definition) is 3. The Labute approximate surface area is 208 Å². The molecule has 0 aliphatic heterocycles. The maximum Gasteiger partial charge on any atom is 0.262 e. The SMILES string of the molecule is CC(F)(F)CNC(=O)c1cc2c(nc1NCCOc1ccccc1)CC(c1ccccc1)C/C2=N\O. The molecule has 1 unspecified atom stereocenters. The highest BCUT2D eigenvalue weighted by Gasteiger charge is 2.30. The quantitative estimate of drug-likeness (QED) is 0.224. The van der Waals surface area contributed by atoms with Gasteiger partial charge in [-0.25, -0.2) is 13.8 Å². The van der Waals surface area contributed by atoms with Crippen molar-refractivity contribution in [1.29, 1.82) is 0 Å². The zero-order valence-electron chi connectivity index (χ0n) is 19.9. The number of fused-ring (bicyclic) bond motifs is 1. The lowest BCUT2D eigenvalue weighted by molar-refractivity contribution is 0.0221. The number of carbonyl (C=O) groups excluding carboxylic acids is 1. The summed E-state index contributed by atoms with van der Waals surface area (Å²) in [7, 11) is 0. The van der Waals surface area contributed by atoms with Gasteiger partial charge in [0.1, 0.15) is 18.2 Å². The average molecular weight is 495 g/mol. The molecule has 4 rings (SSSR count). The molecule has 3 aromatic rings. The van der Waals surface area contributed by atoms with Crippen molar-refractivity contribution in [3.63, 3.8) is 0 Å². The molecule has 0 fully saturated rings. The first-order valence-corrected chi connectivity index (χ1v) is 11.7. The van der Waals surface area contributed by atoms with Crippen molar-refractivity contribution < 1.29 is 23.5 Å². The Morgan fingerprint density at radius 1 is 1.14 bits per heavy atom. The van der Waals surface area contributed by atoms with Crippen molar-refractivity contribution in [3.05, 3.63) is 89.1 Å². The normalized spacial score (nSPS) is 16.3. The monoisotopic (exact) mass is 494 g/mol. The van der Waals surface area contributed by atoms with Crippen LogP contribution in [0.15, 0.2) is 71.9 Å². The highest BCUT2D eigenvalue weighted by Crippen LogP contribution is 2.34. The van der Waals surface area contributed by atoms with Crippen molar-refractivity contribution in [2.75, 3.05) is 25.0 Å². The maximum absolute atomic E-state index is 13.4. The molecule has 3 N–H and O–H groups in total. The largest absolute Gasteiger partial charge is 0.492 e. The van der Waals surface area contributed by atoms with Crippen LogP contribution in [0.4, 0.5) is 14.6 Å². The summed E-state index contributed by atoms with van der Waals surface area (Å²) in [6.07, 6.45) is 1.03. The topological polar surface area (TPSA) is 95.8 Å². The van der Waals surface area contributed by atoms with Crippen LogP contribution < -0.4 is 15.4 Å². The smallest absolute Gasteiger partial charge is 0.262 e. The summed E-state index contributed by atoms with van der Waals surface area (Å²) < 4.78 is 32.5. The van der Waals surface area contributed by atoms with Gasteiger partial charge in [-0.05, 0) is 36.1 Å². The molecule has 9 heteroatoms. The summed E-state index contributed by atoms with van der Waals surface area (Å²) in [5.41, 5.74) is 2.77. The number of halogens is 2. The number of aromatic nitrogens is 1. The van der Waals surface area contributed by atoms with Crippen LogP contribution in [-0.2, 0) is 6.42 Å². The average Bonchev–Trinajstić information content (AvgIpc) is 2.89. The Hall–Kier alpha value is -4.01. The van der Waals surface area contributed by atoms with Crippen molar-refractivity contribution in [1.82, 2.24) is 10.3 Å². The number of pyridine rings is 1. The van der Waals surface area contributed by atoms with Crippen LogP contribution in [0.3, 0.4) is 0 Å². The fourth-order valence-electron chi connectivity index (χ4n) is 4.15. The number of para-hydroxylation sites is 1. The van der Waals surface area contributed by atoms with Crippen molar-refractivity contribution >= 4 is 17.4 Å². The molecule has 36 heavy (non-hydrogen) atoms.